The zero-order valence-electron chi connectivity index (χ0n) is 12.4. The van der Waals surface area contributed by atoms with Gasteiger partial charge in [0.05, 0.1) is 4.92 Å². The number of rotatable bonds is 2. The third-order valence-electron chi connectivity index (χ3n) is 4.12. The molecule has 0 aliphatic carbocycles. The number of carbonyl (C=O) groups is 1. The molecule has 7 nitrogen and oxygen atoms in total. The van der Waals surface area contributed by atoms with Gasteiger partial charge in [-0.25, -0.2) is 0 Å². The smallest absolute Gasteiger partial charge is 0.292 e. The number of amides is 1. The minimum atomic E-state index is -0.568. The number of benzene rings is 1. The van der Waals surface area contributed by atoms with E-state index in [9.17, 15) is 14.9 Å². The number of piperazine rings is 1. The van der Waals surface area contributed by atoms with Gasteiger partial charge in [0.2, 0.25) is 0 Å². The molecular weight excluding hydrogens is 272 g/mol. The van der Waals surface area contributed by atoms with Gasteiger partial charge in [-0.1, -0.05) is 0 Å². The van der Waals surface area contributed by atoms with Crippen molar-refractivity contribution in [2.75, 3.05) is 25.9 Å². The normalized spacial score (nSPS) is 23.1. The van der Waals surface area contributed by atoms with Gasteiger partial charge < -0.3 is 10.6 Å². The van der Waals surface area contributed by atoms with Crippen molar-refractivity contribution in [3.05, 3.63) is 33.9 Å². The predicted octanol–water partition coefficient (Wildman–Crippen LogP) is 1.34. The summed E-state index contributed by atoms with van der Waals surface area (Å²) in [5.41, 5.74) is 5.70. The average Bonchev–Trinajstić information content (AvgIpc) is 2.43. The molecule has 1 aliphatic heterocycles. The quantitative estimate of drug-likeness (QED) is 0.504. The molecule has 2 N–H and O–H groups in total. The molecule has 1 amide bonds. The van der Waals surface area contributed by atoms with Gasteiger partial charge in [0.1, 0.15) is 5.69 Å². The number of likely N-dealkylation sites (N-methyl/N-ethyl adjacent to an activating group) is 1. The summed E-state index contributed by atoms with van der Waals surface area (Å²) in [4.78, 5) is 26.8. The first-order chi connectivity index (χ1) is 9.81. The number of hydrogen-bond donors (Lipinski definition) is 1. The summed E-state index contributed by atoms with van der Waals surface area (Å²) in [7, 11) is 2.03. The molecule has 7 heteroatoms. The predicted molar refractivity (Wildman–Crippen MR) is 80.1 cm³/mol. The van der Waals surface area contributed by atoms with Gasteiger partial charge >= 0.3 is 0 Å². The molecule has 1 heterocycles. The van der Waals surface area contributed by atoms with Gasteiger partial charge in [-0.15, -0.1) is 0 Å². The van der Waals surface area contributed by atoms with Gasteiger partial charge in [-0.2, -0.15) is 0 Å². The Balaban J connectivity index is 2.24. The Bertz CT molecular complexity index is 563. The van der Waals surface area contributed by atoms with E-state index in [1.54, 1.807) is 11.0 Å². The molecule has 2 rings (SSSR count). The highest BCUT2D eigenvalue weighted by molar-refractivity contribution is 5.95. The summed E-state index contributed by atoms with van der Waals surface area (Å²) in [5, 5.41) is 10.9. The summed E-state index contributed by atoms with van der Waals surface area (Å²) in [6.07, 6.45) is 0. The summed E-state index contributed by atoms with van der Waals surface area (Å²) in [6, 6.07) is 4.71. The molecule has 2 atom stereocenters. The van der Waals surface area contributed by atoms with E-state index in [-0.39, 0.29) is 29.4 Å². The molecule has 0 saturated carbocycles. The molecule has 1 aliphatic rings. The molecule has 0 aromatic heterocycles. The topological polar surface area (TPSA) is 92.7 Å². The monoisotopic (exact) mass is 292 g/mol. The summed E-state index contributed by atoms with van der Waals surface area (Å²) < 4.78 is 0. The molecule has 0 spiro atoms. The van der Waals surface area contributed by atoms with Crippen molar-refractivity contribution in [3.63, 3.8) is 0 Å². The Morgan fingerprint density at radius 2 is 1.90 bits per heavy atom. The van der Waals surface area contributed by atoms with E-state index in [1.165, 1.54) is 12.1 Å². The van der Waals surface area contributed by atoms with E-state index in [2.05, 4.69) is 18.7 Å². The molecule has 114 valence electrons. The Labute approximate surface area is 123 Å². The summed E-state index contributed by atoms with van der Waals surface area (Å²) in [5.74, 6) is -0.190. The lowest BCUT2D eigenvalue weighted by Gasteiger charge is -2.42. The van der Waals surface area contributed by atoms with E-state index in [0.717, 1.165) is 0 Å². The maximum atomic E-state index is 12.5. The second-order valence-corrected chi connectivity index (χ2v) is 5.60. The van der Waals surface area contributed by atoms with Crippen LogP contribution in [0.15, 0.2) is 18.2 Å². The van der Waals surface area contributed by atoms with E-state index in [4.69, 9.17) is 5.73 Å². The lowest BCUT2D eigenvalue weighted by atomic mass is 10.1. The average molecular weight is 292 g/mol. The maximum absolute atomic E-state index is 12.5. The number of hydrogen-bond acceptors (Lipinski definition) is 5. The minimum absolute atomic E-state index is 0.0664. The van der Waals surface area contributed by atoms with Crippen LogP contribution in [0, 0.1) is 10.1 Å². The third kappa shape index (κ3) is 2.97. The fourth-order valence-electron chi connectivity index (χ4n) is 2.59. The second kappa shape index (κ2) is 5.69. The maximum Gasteiger partial charge on any atom is 0.292 e. The number of nitrogens with zero attached hydrogens (tertiary/aromatic N) is 3. The zero-order valence-corrected chi connectivity index (χ0v) is 12.4. The van der Waals surface area contributed by atoms with Crippen molar-refractivity contribution in [1.29, 1.82) is 0 Å². The second-order valence-electron chi connectivity index (χ2n) is 5.60. The first-order valence-corrected chi connectivity index (χ1v) is 6.86. The standard InChI is InChI=1S/C14H20N4O3/c1-9-7-17(8-10(2)16(9)3)14(19)11-4-5-12(15)13(6-11)18(20)21/h4-6,9-10H,7-8,15H2,1-3H3. The molecule has 0 radical (unpaired) electrons. The minimum Gasteiger partial charge on any atom is -0.393 e. The first kappa shape index (κ1) is 15.2. The van der Waals surface area contributed by atoms with Crippen molar-refractivity contribution in [1.82, 2.24) is 9.80 Å². The van der Waals surface area contributed by atoms with Crippen LogP contribution in [0.3, 0.4) is 0 Å². The molecule has 21 heavy (non-hydrogen) atoms. The van der Waals surface area contributed by atoms with Gasteiger partial charge in [0.25, 0.3) is 11.6 Å². The third-order valence-corrected chi connectivity index (χ3v) is 4.12. The van der Waals surface area contributed by atoms with Crippen molar-refractivity contribution in [2.24, 2.45) is 0 Å². The van der Waals surface area contributed by atoms with Gasteiger partial charge in [-0.05, 0) is 33.0 Å². The van der Waals surface area contributed by atoms with E-state index in [0.29, 0.717) is 18.7 Å². The molecule has 2 unspecified atom stereocenters. The number of nitro groups is 1. The van der Waals surface area contributed by atoms with Crippen molar-refractivity contribution in [3.8, 4) is 0 Å². The molecular formula is C14H20N4O3. The fraction of sp³-hybridized carbons (Fsp3) is 0.500. The highest BCUT2D eigenvalue weighted by Crippen LogP contribution is 2.24. The van der Waals surface area contributed by atoms with Crippen LogP contribution in [0.1, 0.15) is 24.2 Å². The summed E-state index contributed by atoms with van der Waals surface area (Å²) >= 11 is 0. The lowest BCUT2D eigenvalue weighted by molar-refractivity contribution is -0.383. The number of nitro benzene ring substituents is 1. The number of nitrogen functional groups attached to an aromatic ring is 1. The Hall–Kier alpha value is -2.15. The Morgan fingerprint density at radius 1 is 1.33 bits per heavy atom. The molecule has 1 aromatic rings. The van der Waals surface area contributed by atoms with Gasteiger partial charge in [0.15, 0.2) is 0 Å². The molecule has 1 saturated heterocycles. The summed E-state index contributed by atoms with van der Waals surface area (Å²) in [6.45, 7) is 5.33. The first-order valence-electron chi connectivity index (χ1n) is 6.86. The fourth-order valence-corrected chi connectivity index (χ4v) is 2.59. The number of carbonyl (C=O) groups excluding carboxylic acids is 1. The van der Waals surface area contributed by atoms with Crippen LogP contribution < -0.4 is 5.73 Å². The van der Waals surface area contributed by atoms with E-state index >= 15 is 0 Å². The van der Waals surface area contributed by atoms with Crippen LogP contribution in [0.4, 0.5) is 11.4 Å². The zero-order chi connectivity index (χ0) is 15.7. The van der Waals surface area contributed by atoms with Crippen LogP contribution in [-0.2, 0) is 0 Å². The molecule has 1 aromatic carbocycles. The van der Waals surface area contributed by atoms with Gasteiger partial charge in [-0.3, -0.25) is 19.8 Å². The van der Waals surface area contributed by atoms with Crippen molar-refractivity contribution < 1.29 is 9.72 Å². The van der Waals surface area contributed by atoms with Crippen LogP contribution in [0.25, 0.3) is 0 Å². The van der Waals surface area contributed by atoms with Crippen LogP contribution in [0.5, 0.6) is 0 Å². The van der Waals surface area contributed by atoms with E-state index < -0.39 is 4.92 Å². The Morgan fingerprint density at radius 3 is 2.43 bits per heavy atom. The van der Waals surface area contributed by atoms with Crippen LogP contribution >= 0.6 is 0 Å². The van der Waals surface area contributed by atoms with Crippen molar-refractivity contribution >= 4 is 17.3 Å². The largest absolute Gasteiger partial charge is 0.393 e. The molecule has 0 bridgehead atoms. The number of anilines is 1. The van der Waals surface area contributed by atoms with Gasteiger partial charge in [0, 0.05) is 36.8 Å². The van der Waals surface area contributed by atoms with Crippen molar-refractivity contribution in [2.45, 2.75) is 25.9 Å². The highest BCUT2D eigenvalue weighted by Gasteiger charge is 2.30. The highest BCUT2D eigenvalue weighted by atomic mass is 16.6. The Kier molecular flexibility index (Phi) is 4.13. The van der Waals surface area contributed by atoms with E-state index in [1.807, 2.05) is 7.05 Å². The SMILES string of the molecule is CC1CN(C(=O)c2ccc(N)c([N+](=O)[O-])c2)CC(C)N1C. The van der Waals surface area contributed by atoms with Crippen LogP contribution in [0.2, 0.25) is 0 Å². The number of nitrogens with two attached hydrogens (primary N) is 1. The van der Waals surface area contributed by atoms with Crippen LogP contribution in [-0.4, -0.2) is 52.9 Å². The molecule has 1 fully saturated rings. The lowest BCUT2D eigenvalue weighted by Crippen LogP contribution is -2.56.